The van der Waals surface area contributed by atoms with E-state index in [9.17, 15) is 5.26 Å². The molecule has 0 spiro atoms. The van der Waals surface area contributed by atoms with Crippen LogP contribution in [0, 0.1) is 11.3 Å². The lowest BCUT2D eigenvalue weighted by Crippen LogP contribution is -1.93. The van der Waals surface area contributed by atoms with Crippen LogP contribution in [-0.4, -0.2) is 19.2 Å². The molecule has 114 valence electrons. The molecule has 4 nitrogen and oxygen atoms in total. The smallest absolute Gasteiger partial charge is 0.167 e. The number of benzene rings is 2. The maximum atomic E-state index is 9.53. The SMILES string of the molecule is COc1cccc(/C=C(/C#N)c2nc3ccccc3s2)c1OC. The number of aromatic nitrogens is 1. The van der Waals surface area contributed by atoms with Crippen molar-refractivity contribution in [3.8, 4) is 17.6 Å². The van der Waals surface area contributed by atoms with E-state index >= 15 is 0 Å². The van der Waals surface area contributed by atoms with Crippen molar-refractivity contribution in [3.63, 3.8) is 0 Å². The molecule has 3 aromatic rings. The third-order valence-electron chi connectivity index (χ3n) is 3.38. The van der Waals surface area contributed by atoms with Gasteiger partial charge in [-0.15, -0.1) is 11.3 Å². The molecule has 0 fully saturated rings. The minimum Gasteiger partial charge on any atom is -0.493 e. The Labute approximate surface area is 138 Å². The van der Waals surface area contributed by atoms with Crippen molar-refractivity contribution in [3.05, 3.63) is 53.0 Å². The van der Waals surface area contributed by atoms with Crippen molar-refractivity contribution in [1.82, 2.24) is 4.98 Å². The summed E-state index contributed by atoms with van der Waals surface area (Å²) >= 11 is 1.50. The molecule has 0 N–H and O–H groups in total. The normalized spacial score (nSPS) is 11.3. The summed E-state index contributed by atoms with van der Waals surface area (Å²) < 4.78 is 11.8. The van der Waals surface area contributed by atoms with Gasteiger partial charge in [0.1, 0.15) is 11.1 Å². The van der Waals surface area contributed by atoms with Gasteiger partial charge in [-0.1, -0.05) is 24.3 Å². The molecule has 0 atom stereocenters. The van der Waals surface area contributed by atoms with E-state index in [1.54, 1.807) is 20.3 Å². The fraction of sp³-hybridized carbons (Fsp3) is 0.111. The quantitative estimate of drug-likeness (QED) is 0.669. The first kappa shape index (κ1) is 15.1. The first-order valence-corrected chi connectivity index (χ1v) is 7.77. The predicted molar refractivity (Wildman–Crippen MR) is 92.7 cm³/mol. The van der Waals surface area contributed by atoms with E-state index in [4.69, 9.17) is 9.47 Å². The second-order valence-corrected chi connectivity index (χ2v) is 5.77. The molecule has 0 bridgehead atoms. The molecule has 0 aliphatic carbocycles. The molecule has 23 heavy (non-hydrogen) atoms. The molecule has 1 aromatic heterocycles. The molecule has 0 aliphatic rings. The number of thiazole rings is 1. The van der Waals surface area contributed by atoms with Crippen LogP contribution in [0.3, 0.4) is 0 Å². The standard InChI is InChI=1S/C18H14N2O2S/c1-21-15-8-5-6-12(17(15)22-2)10-13(11-19)18-20-14-7-3-4-9-16(14)23-18/h3-10H,1-2H3/b13-10-. The average molecular weight is 322 g/mol. The van der Waals surface area contributed by atoms with Crippen molar-refractivity contribution in [2.45, 2.75) is 0 Å². The van der Waals surface area contributed by atoms with Crippen LogP contribution in [-0.2, 0) is 0 Å². The van der Waals surface area contributed by atoms with E-state index in [0.29, 0.717) is 22.1 Å². The Hall–Kier alpha value is -2.84. The van der Waals surface area contributed by atoms with Crippen molar-refractivity contribution < 1.29 is 9.47 Å². The van der Waals surface area contributed by atoms with Gasteiger partial charge in [-0.05, 0) is 24.3 Å². The van der Waals surface area contributed by atoms with E-state index < -0.39 is 0 Å². The summed E-state index contributed by atoms with van der Waals surface area (Å²) in [6.45, 7) is 0. The molecule has 0 radical (unpaired) electrons. The number of ether oxygens (including phenoxy) is 2. The Bertz CT molecular complexity index is 889. The number of fused-ring (bicyclic) bond motifs is 1. The zero-order chi connectivity index (χ0) is 16.2. The summed E-state index contributed by atoms with van der Waals surface area (Å²) in [6, 6.07) is 15.6. The molecule has 2 aromatic carbocycles. The summed E-state index contributed by atoms with van der Waals surface area (Å²) in [5, 5.41) is 10.2. The highest BCUT2D eigenvalue weighted by Gasteiger charge is 2.12. The molecule has 0 aliphatic heterocycles. The number of methoxy groups -OCH3 is 2. The van der Waals surface area contributed by atoms with Gasteiger partial charge >= 0.3 is 0 Å². The first-order chi connectivity index (χ1) is 11.3. The lowest BCUT2D eigenvalue weighted by molar-refractivity contribution is 0.354. The Morgan fingerprint density at radius 2 is 1.96 bits per heavy atom. The molecule has 5 heteroatoms. The molecular formula is C18H14N2O2S. The fourth-order valence-corrected chi connectivity index (χ4v) is 3.24. The van der Waals surface area contributed by atoms with E-state index in [1.165, 1.54) is 11.3 Å². The maximum absolute atomic E-state index is 9.53. The van der Waals surface area contributed by atoms with Crippen LogP contribution in [0.4, 0.5) is 0 Å². The van der Waals surface area contributed by atoms with Crippen molar-refractivity contribution in [1.29, 1.82) is 5.26 Å². The van der Waals surface area contributed by atoms with Crippen molar-refractivity contribution in [2.75, 3.05) is 14.2 Å². The van der Waals surface area contributed by atoms with Crippen LogP contribution in [0.1, 0.15) is 10.6 Å². The highest BCUT2D eigenvalue weighted by molar-refractivity contribution is 7.19. The zero-order valence-electron chi connectivity index (χ0n) is 12.7. The fourth-order valence-electron chi connectivity index (χ4n) is 2.31. The molecule has 0 unspecified atom stereocenters. The van der Waals surface area contributed by atoms with Crippen LogP contribution >= 0.6 is 11.3 Å². The minimum absolute atomic E-state index is 0.498. The number of hydrogen-bond acceptors (Lipinski definition) is 5. The van der Waals surface area contributed by atoms with Crippen LogP contribution < -0.4 is 9.47 Å². The van der Waals surface area contributed by atoms with Crippen LogP contribution in [0.25, 0.3) is 21.9 Å². The van der Waals surface area contributed by atoms with Crippen LogP contribution in [0.2, 0.25) is 0 Å². The van der Waals surface area contributed by atoms with Gasteiger partial charge in [0, 0.05) is 5.56 Å². The monoisotopic (exact) mass is 322 g/mol. The summed E-state index contributed by atoms with van der Waals surface area (Å²) in [5.74, 6) is 1.23. The minimum atomic E-state index is 0.498. The molecule has 0 saturated heterocycles. The summed E-state index contributed by atoms with van der Waals surface area (Å²) in [4.78, 5) is 4.53. The lowest BCUT2D eigenvalue weighted by atomic mass is 10.1. The molecule has 0 amide bonds. The van der Waals surface area contributed by atoms with Gasteiger partial charge in [0.05, 0.1) is 30.0 Å². The largest absolute Gasteiger partial charge is 0.493 e. The Morgan fingerprint density at radius 3 is 2.65 bits per heavy atom. The van der Waals surface area contributed by atoms with Crippen LogP contribution in [0.15, 0.2) is 42.5 Å². The predicted octanol–water partition coefficient (Wildman–Crippen LogP) is 4.38. The Kier molecular flexibility index (Phi) is 4.26. The first-order valence-electron chi connectivity index (χ1n) is 6.95. The second kappa shape index (κ2) is 6.51. The average Bonchev–Trinajstić information content (AvgIpc) is 3.02. The van der Waals surface area contributed by atoms with Crippen molar-refractivity contribution in [2.24, 2.45) is 0 Å². The third kappa shape index (κ3) is 2.89. The third-order valence-corrected chi connectivity index (χ3v) is 4.45. The Morgan fingerprint density at radius 1 is 1.13 bits per heavy atom. The Balaban J connectivity index is 2.11. The number of allylic oxidation sites excluding steroid dienone is 1. The number of nitrogens with zero attached hydrogens (tertiary/aromatic N) is 2. The molecule has 3 rings (SSSR count). The number of hydrogen-bond donors (Lipinski definition) is 0. The molecule has 0 saturated carbocycles. The lowest BCUT2D eigenvalue weighted by Gasteiger charge is -2.10. The van der Waals surface area contributed by atoms with Crippen molar-refractivity contribution >= 4 is 33.2 Å². The summed E-state index contributed by atoms with van der Waals surface area (Å²) in [6.07, 6.45) is 1.78. The maximum Gasteiger partial charge on any atom is 0.167 e. The van der Waals surface area contributed by atoms with Gasteiger partial charge in [0.2, 0.25) is 0 Å². The van der Waals surface area contributed by atoms with E-state index in [0.717, 1.165) is 15.8 Å². The van der Waals surface area contributed by atoms with E-state index in [2.05, 4.69) is 11.1 Å². The summed E-state index contributed by atoms with van der Waals surface area (Å²) in [5.41, 5.74) is 2.17. The van der Waals surface area contributed by atoms with Gasteiger partial charge < -0.3 is 9.47 Å². The highest BCUT2D eigenvalue weighted by Crippen LogP contribution is 2.34. The van der Waals surface area contributed by atoms with E-state index in [1.807, 2.05) is 42.5 Å². The van der Waals surface area contributed by atoms with E-state index in [-0.39, 0.29) is 0 Å². The highest BCUT2D eigenvalue weighted by atomic mass is 32.1. The van der Waals surface area contributed by atoms with Gasteiger partial charge in [-0.25, -0.2) is 4.98 Å². The van der Waals surface area contributed by atoms with Gasteiger partial charge in [-0.3, -0.25) is 0 Å². The second-order valence-electron chi connectivity index (χ2n) is 4.74. The molecular weight excluding hydrogens is 308 g/mol. The topological polar surface area (TPSA) is 55.1 Å². The number of para-hydroxylation sites is 2. The van der Waals surface area contributed by atoms with Gasteiger partial charge in [-0.2, -0.15) is 5.26 Å². The van der Waals surface area contributed by atoms with Crippen LogP contribution in [0.5, 0.6) is 11.5 Å². The number of nitriles is 1. The zero-order valence-corrected chi connectivity index (χ0v) is 13.6. The van der Waals surface area contributed by atoms with Gasteiger partial charge in [0.25, 0.3) is 0 Å². The number of rotatable bonds is 4. The van der Waals surface area contributed by atoms with Gasteiger partial charge in [0.15, 0.2) is 11.5 Å². The molecule has 1 heterocycles. The summed E-state index contributed by atoms with van der Waals surface area (Å²) in [7, 11) is 3.17.